The average Bonchev–Trinajstić information content (AvgIpc) is 2.45. The van der Waals surface area contributed by atoms with Gasteiger partial charge in [0.1, 0.15) is 0 Å². The van der Waals surface area contributed by atoms with Crippen molar-refractivity contribution in [3.8, 4) is 11.5 Å². The van der Waals surface area contributed by atoms with E-state index in [4.69, 9.17) is 9.84 Å². The molecule has 1 aromatic rings. The van der Waals surface area contributed by atoms with Crippen molar-refractivity contribution in [1.82, 2.24) is 4.90 Å². The summed E-state index contributed by atoms with van der Waals surface area (Å²) in [5.74, 6) is -0.754. The Morgan fingerprint density at radius 3 is 2.81 bits per heavy atom. The van der Waals surface area contributed by atoms with E-state index in [0.29, 0.717) is 13.1 Å². The molecule has 1 fully saturated rings. The van der Waals surface area contributed by atoms with Crippen LogP contribution < -0.4 is 4.74 Å². The number of hydrogen-bond donors (Lipinski definition) is 2. The normalized spacial score (nSPS) is 18.3. The van der Waals surface area contributed by atoms with Gasteiger partial charge in [0.15, 0.2) is 18.1 Å². The van der Waals surface area contributed by atoms with Crippen LogP contribution >= 0.6 is 0 Å². The molecule has 114 valence electrons. The number of phenols is 1. The summed E-state index contributed by atoms with van der Waals surface area (Å²) in [6.45, 7) is 0.922. The summed E-state index contributed by atoms with van der Waals surface area (Å²) in [6.07, 6.45) is 1.72. The van der Waals surface area contributed by atoms with Crippen LogP contribution in [0.5, 0.6) is 11.5 Å². The van der Waals surface area contributed by atoms with Crippen molar-refractivity contribution in [2.75, 3.05) is 19.7 Å². The van der Waals surface area contributed by atoms with Crippen LogP contribution in [0.2, 0.25) is 0 Å². The van der Waals surface area contributed by atoms with Crippen LogP contribution in [0, 0.1) is 5.92 Å². The maximum absolute atomic E-state index is 12.1. The minimum absolute atomic E-state index is 0.00493. The first-order valence-corrected chi connectivity index (χ1v) is 6.96. The van der Waals surface area contributed by atoms with E-state index in [0.717, 1.165) is 12.8 Å². The third-order valence-electron chi connectivity index (χ3n) is 3.55. The van der Waals surface area contributed by atoms with Crippen molar-refractivity contribution < 1.29 is 24.5 Å². The van der Waals surface area contributed by atoms with Gasteiger partial charge in [0.25, 0.3) is 5.91 Å². The monoisotopic (exact) mass is 293 g/mol. The highest BCUT2D eigenvalue weighted by molar-refractivity contribution is 5.78. The number of amides is 1. The van der Waals surface area contributed by atoms with Crippen LogP contribution in [0.25, 0.3) is 0 Å². The highest BCUT2D eigenvalue weighted by Gasteiger charge is 2.25. The number of carbonyl (C=O) groups is 2. The molecule has 0 aromatic heterocycles. The molecule has 1 atom stereocenters. The van der Waals surface area contributed by atoms with Gasteiger partial charge in [0.05, 0.1) is 0 Å². The fraction of sp³-hybridized carbons (Fsp3) is 0.467. The number of aliphatic carboxylic acids is 1. The number of benzene rings is 1. The van der Waals surface area contributed by atoms with E-state index in [2.05, 4.69) is 0 Å². The second kappa shape index (κ2) is 6.97. The molecule has 1 aromatic carbocycles. The molecule has 0 bridgehead atoms. The summed E-state index contributed by atoms with van der Waals surface area (Å²) in [5, 5.41) is 18.4. The highest BCUT2D eigenvalue weighted by Crippen LogP contribution is 2.25. The first-order chi connectivity index (χ1) is 10.1. The van der Waals surface area contributed by atoms with Gasteiger partial charge >= 0.3 is 5.97 Å². The van der Waals surface area contributed by atoms with Gasteiger partial charge in [-0.25, -0.2) is 0 Å². The Morgan fingerprint density at radius 2 is 2.10 bits per heavy atom. The Bertz CT molecular complexity index is 517. The number of carbonyl (C=O) groups excluding carboxylic acids is 1. The maximum Gasteiger partial charge on any atom is 0.303 e. The smallest absolute Gasteiger partial charge is 0.303 e. The van der Waals surface area contributed by atoms with Crippen LogP contribution in [-0.4, -0.2) is 46.7 Å². The number of hydrogen-bond acceptors (Lipinski definition) is 4. The highest BCUT2D eigenvalue weighted by atomic mass is 16.5. The zero-order valence-electron chi connectivity index (χ0n) is 11.7. The molecule has 1 heterocycles. The van der Waals surface area contributed by atoms with Gasteiger partial charge in [0.2, 0.25) is 0 Å². The number of piperidine rings is 1. The van der Waals surface area contributed by atoms with Crippen LogP contribution in [0.3, 0.4) is 0 Å². The number of nitrogens with zero attached hydrogens (tertiary/aromatic N) is 1. The summed E-state index contributed by atoms with van der Waals surface area (Å²) in [7, 11) is 0. The van der Waals surface area contributed by atoms with Gasteiger partial charge in [0, 0.05) is 19.5 Å². The second-order valence-corrected chi connectivity index (χ2v) is 5.20. The Labute approximate surface area is 122 Å². The van der Waals surface area contributed by atoms with E-state index in [1.54, 1.807) is 23.1 Å². The van der Waals surface area contributed by atoms with Gasteiger partial charge in [-0.15, -0.1) is 0 Å². The summed E-state index contributed by atoms with van der Waals surface area (Å²) in [5.41, 5.74) is 0. The molecule has 0 radical (unpaired) electrons. The number of aromatic hydroxyl groups is 1. The summed E-state index contributed by atoms with van der Waals surface area (Å²) in [4.78, 5) is 24.5. The van der Waals surface area contributed by atoms with Crippen molar-refractivity contribution in [3.63, 3.8) is 0 Å². The molecule has 1 aliphatic rings. The quantitative estimate of drug-likeness (QED) is 0.858. The molecular weight excluding hydrogens is 274 g/mol. The van der Waals surface area contributed by atoms with E-state index < -0.39 is 5.97 Å². The number of likely N-dealkylation sites (tertiary alicyclic amines) is 1. The lowest BCUT2D eigenvalue weighted by molar-refractivity contribution is -0.141. The van der Waals surface area contributed by atoms with E-state index in [9.17, 15) is 14.7 Å². The molecule has 0 spiro atoms. The number of para-hydroxylation sites is 2. The van der Waals surface area contributed by atoms with Crippen LogP contribution in [0.15, 0.2) is 24.3 Å². The largest absolute Gasteiger partial charge is 0.504 e. The van der Waals surface area contributed by atoms with Gasteiger partial charge < -0.3 is 19.8 Å². The summed E-state index contributed by atoms with van der Waals surface area (Å²) in [6, 6.07) is 6.46. The average molecular weight is 293 g/mol. The number of ether oxygens (including phenoxy) is 1. The minimum Gasteiger partial charge on any atom is -0.504 e. The Hall–Kier alpha value is -2.24. The standard InChI is InChI=1S/C15H19NO5/c17-12-5-1-2-6-13(12)21-10-14(18)16-7-3-4-11(9-16)8-15(19)20/h1-2,5-6,11,17H,3-4,7-10H2,(H,19,20). The SMILES string of the molecule is O=C(O)CC1CCCN(C(=O)COc2ccccc2O)C1. The van der Waals surface area contributed by atoms with Gasteiger partial charge in [-0.05, 0) is 30.9 Å². The number of rotatable bonds is 5. The molecule has 21 heavy (non-hydrogen) atoms. The van der Waals surface area contributed by atoms with Crippen molar-refractivity contribution in [1.29, 1.82) is 0 Å². The minimum atomic E-state index is -0.834. The van der Waals surface area contributed by atoms with Crippen LogP contribution in [0.4, 0.5) is 0 Å². The van der Waals surface area contributed by atoms with Crippen molar-refractivity contribution in [2.24, 2.45) is 5.92 Å². The molecule has 0 aliphatic carbocycles. The van der Waals surface area contributed by atoms with E-state index >= 15 is 0 Å². The van der Waals surface area contributed by atoms with Crippen molar-refractivity contribution >= 4 is 11.9 Å². The second-order valence-electron chi connectivity index (χ2n) is 5.20. The Kier molecular flexibility index (Phi) is 5.03. The molecular formula is C15H19NO5. The van der Waals surface area contributed by atoms with Gasteiger partial charge in [-0.1, -0.05) is 12.1 Å². The zero-order chi connectivity index (χ0) is 15.2. The predicted molar refractivity (Wildman–Crippen MR) is 75.2 cm³/mol. The predicted octanol–water partition coefficient (Wildman–Crippen LogP) is 1.48. The first-order valence-electron chi connectivity index (χ1n) is 6.96. The van der Waals surface area contributed by atoms with E-state index in [1.807, 2.05) is 0 Å². The fourth-order valence-corrected chi connectivity index (χ4v) is 2.52. The third-order valence-corrected chi connectivity index (χ3v) is 3.55. The Morgan fingerprint density at radius 1 is 1.33 bits per heavy atom. The van der Waals surface area contributed by atoms with Gasteiger partial charge in [-0.2, -0.15) is 0 Å². The molecule has 6 nitrogen and oxygen atoms in total. The molecule has 1 aliphatic heterocycles. The number of carboxylic acid groups (broad SMARTS) is 1. The Balaban J connectivity index is 1.85. The lowest BCUT2D eigenvalue weighted by Crippen LogP contribution is -2.42. The van der Waals surface area contributed by atoms with E-state index in [1.165, 1.54) is 6.07 Å². The molecule has 2 rings (SSSR count). The lowest BCUT2D eigenvalue weighted by atomic mass is 9.95. The first kappa shape index (κ1) is 15.2. The van der Waals surface area contributed by atoms with Crippen LogP contribution in [0.1, 0.15) is 19.3 Å². The van der Waals surface area contributed by atoms with Crippen molar-refractivity contribution in [3.05, 3.63) is 24.3 Å². The molecule has 1 unspecified atom stereocenters. The maximum atomic E-state index is 12.1. The molecule has 1 saturated heterocycles. The lowest BCUT2D eigenvalue weighted by Gasteiger charge is -2.32. The third kappa shape index (κ3) is 4.37. The number of phenolic OH excluding ortho intramolecular Hbond substituents is 1. The fourth-order valence-electron chi connectivity index (χ4n) is 2.52. The topological polar surface area (TPSA) is 87.1 Å². The molecule has 0 saturated carbocycles. The van der Waals surface area contributed by atoms with Crippen molar-refractivity contribution in [2.45, 2.75) is 19.3 Å². The summed E-state index contributed by atoms with van der Waals surface area (Å²) < 4.78 is 5.31. The van der Waals surface area contributed by atoms with Gasteiger partial charge in [-0.3, -0.25) is 9.59 Å². The molecule has 1 amide bonds. The molecule has 6 heteroatoms. The van der Waals surface area contributed by atoms with Crippen LogP contribution in [-0.2, 0) is 9.59 Å². The number of carboxylic acids is 1. The zero-order valence-corrected chi connectivity index (χ0v) is 11.7. The summed E-state index contributed by atoms with van der Waals surface area (Å²) >= 11 is 0. The van der Waals surface area contributed by atoms with E-state index in [-0.39, 0.29) is 36.4 Å². The molecule has 2 N–H and O–H groups in total.